The molecule has 0 fully saturated rings. The topological polar surface area (TPSA) is 81.7 Å². The van der Waals surface area contributed by atoms with Crippen LogP contribution in [0.3, 0.4) is 0 Å². The van der Waals surface area contributed by atoms with Crippen LogP contribution in [0.25, 0.3) is 0 Å². The van der Waals surface area contributed by atoms with E-state index in [1.807, 2.05) is 0 Å². The Hall–Kier alpha value is -1.50. The van der Waals surface area contributed by atoms with Crippen LogP contribution in [0.2, 0.25) is 0 Å². The second-order valence-corrected chi connectivity index (χ2v) is 2.99. The third-order valence-corrected chi connectivity index (χ3v) is 1.92. The fourth-order valence-corrected chi connectivity index (χ4v) is 0.993. The maximum absolute atomic E-state index is 11.2. The van der Waals surface area contributed by atoms with Crippen molar-refractivity contribution >= 4 is 30.5 Å². The molecule has 0 heterocycles. The summed E-state index contributed by atoms with van der Waals surface area (Å²) in [5.74, 6) is -1.76. The Morgan fingerprint density at radius 2 is 1.88 bits per heavy atom. The largest absolute Gasteiger partial charge is 0.467 e. The number of carbonyl (C=O) groups is 3. The van der Waals surface area contributed by atoms with Crippen molar-refractivity contribution in [1.82, 2.24) is 5.32 Å². The van der Waals surface area contributed by atoms with Gasteiger partial charge in [-0.2, -0.15) is 12.6 Å². The van der Waals surface area contributed by atoms with Gasteiger partial charge in [-0.05, 0) is 0 Å². The number of hydrogen-bond acceptors (Lipinski definition) is 6. The molecule has 0 aliphatic heterocycles. The van der Waals surface area contributed by atoms with Gasteiger partial charge in [0.05, 0.1) is 14.2 Å². The Morgan fingerprint density at radius 1 is 1.25 bits per heavy atom. The average molecular weight is 247 g/mol. The normalized spacial score (nSPS) is 11.9. The molecule has 1 atom stereocenters. The Bertz CT molecular complexity index is 302. The third-order valence-electron chi connectivity index (χ3n) is 1.56. The Labute approximate surface area is 98.4 Å². The van der Waals surface area contributed by atoms with E-state index in [0.29, 0.717) is 0 Å². The van der Waals surface area contributed by atoms with Crippen molar-refractivity contribution in [1.29, 1.82) is 0 Å². The van der Waals surface area contributed by atoms with Crippen LogP contribution in [-0.2, 0) is 23.9 Å². The molecule has 0 bridgehead atoms. The SMILES string of the molecule is COC(=O)/C=C/C(=O)NC(CS)C(=O)OC. The van der Waals surface area contributed by atoms with Crippen molar-refractivity contribution in [3.8, 4) is 0 Å². The number of carbonyl (C=O) groups excluding carboxylic acids is 3. The van der Waals surface area contributed by atoms with Gasteiger partial charge in [0, 0.05) is 17.9 Å². The highest BCUT2D eigenvalue weighted by Gasteiger charge is 2.18. The van der Waals surface area contributed by atoms with E-state index < -0.39 is 23.9 Å². The lowest BCUT2D eigenvalue weighted by Crippen LogP contribution is -2.42. The number of amides is 1. The van der Waals surface area contributed by atoms with Gasteiger partial charge in [-0.3, -0.25) is 4.79 Å². The quantitative estimate of drug-likeness (QED) is 0.381. The van der Waals surface area contributed by atoms with Gasteiger partial charge in [-0.15, -0.1) is 0 Å². The smallest absolute Gasteiger partial charge is 0.330 e. The van der Waals surface area contributed by atoms with E-state index in [-0.39, 0.29) is 5.75 Å². The first-order valence-corrected chi connectivity index (χ1v) is 4.93. The molecule has 0 aliphatic rings. The molecule has 1 N–H and O–H groups in total. The first-order valence-electron chi connectivity index (χ1n) is 4.30. The van der Waals surface area contributed by atoms with Gasteiger partial charge in [-0.25, -0.2) is 9.59 Å². The molecule has 0 spiro atoms. The summed E-state index contributed by atoms with van der Waals surface area (Å²) in [4.78, 5) is 32.9. The number of thiol groups is 1. The van der Waals surface area contributed by atoms with Gasteiger partial charge in [0.2, 0.25) is 5.91 Å². The van der Waals surface area contributed by atoms with Crippen LogP contribution in [0, 0.1) is 0 Å². The van der Waals surface area contributed by atoms with E-state index in [1.54, 1.807) is 0 Å². The molecule has 0 aromatic heterocycles. The Balaban J connectivity index is 4.26. The van der Waals surface area contributed by atoms with Crippen LogP contribution in [0.5, 0.6) is 0 Å². The molecule has 1 amide bonds. The number of nitrogens with one attached hydrogen (secondary N) is 1. The highest BCUT2D eigenvalue weighted by molar-refractivity contribution is 7.80. The molecule has 16 heavy (non-hydrogen) atoms. The minimum absolute atomic E-state index is 0.102. The van der Waals surface area contributed by atoms with Crippen LogP contribution in [0.1, 0.15) is 0 Å². The zero-order valence-electron chi connectivity index (χ0n) is 8.93. The molecule has 0 saturated heterocycles. The molecule has 0 saturated carbocycles. The first-order chi connectivity index (χ1) is 7.54. The maximum Gasteiger partial charge on any atom is 0.330 e. The molecule has 0 aliphatic carbocycles. The number of methoxy groups -OCH3 is 2. The van der Waals surface area contributed by atoms with Crippen LogP contribution >= 0.6 is 12.6 Å². The predicted octanol–water partition coefficient (Wildman–Crippen LogP) is -0.697. The highest BCUT2D eigenvalue weighted by atomic mass is 32.1. The van der Waals surface area contributed by atoms with Crippen molar-refractivity contribution < 1.29 is 23.9 Å². The van der Waals surface area contributed by atoms with Crippen molar-refractivity contribution in [3.63, 3.8) is 0 Å². The summed E-state index contributed by atoms with van der Waals surface area (Å²) >= 11 is 3.88. The second-order valence-electron chi connectivity index (χ2n) is 2.62. The zero-order chi connectivity index (χ0) is 12.6. The van der Waals surface area contributed by atoms with E-state index in [1.165, 1.54) is 14.2 Å². The number of hydrogen-bond donors (Lipinski definition) is 2. The second kappa shape index (κ2) is 7.75. The van der Waals surface area contributed by atoms with Crippen molar-refractivity contribution in [2.75, 3.05) is 20.0 Å². The van der Waals surface area contributed by atoms with Gasteiger partial charge in [0.15, 0.2) is 0 Å². The maximum atomic E-state index is 11.2. The first kappa shape index (κ1) is 14.5. The zero-order valence-corrected chi connectivity index (χ0v) is 9.82. The lowest BCUT2D eigenvalue weighted by molar-refractivity contribution is -0.143. The predicted molar refractivity (Wildman–Crippen MR) is 59.0 cm³/mol. The number of ether oxygens (including phenoxy) is 2. The molecule has 90 valence electrons. The molecule has 7 heteroatoms. The molecule has 0 radical (unpaired) electrons. The van der Waals surface area contributed by atoms with Gasteiger partial charge in [0.1, 0.15) is 6.04 Å². The molecule has 0 aromatic carbocycles. The van der Waals surface area contributed by atoms with Gasteiger partial charge >= 0.3 is 11.9 Å². The van der Waals surface area contributed by atoms with E-state index in [0.717, 1.165) is 12.2 Å². The van der Waals surface area contributed by atoms with Crippen molar-refractivity contribution in [3.05, 3.63) is 12.2 Å². The highest BCUT2D eigenvalue weighted by Crippen LogP contribution is 1.92. The van der Waals surface area contributed by atoms with E-state index in [4.69, 9.17) is 0 Å². The van der Waals surface area contributed by atoms with Gasteiger partial charge in [0.25, 0.3) is 0 Å². The summed E-state index contributed by atoms with van der Waals surface area (Å²) < 4.78 is 8.72. The van der Waals surface area contributed by atoms with Crippen LogP contribution < -0.4 is 5.32 Å². The number of rotatable bonds is 5. The van der Waals surface area contributed by atoms with Gasteiger partial charge < -0.3 is 14.8 Å². The molecule has 6 nitrogen and oxygen atoms in total. The van der Waals surface area contributed by atoms with Crippen LogP contribution in [0.15, 0.2) is 12.2 Å². The van der Waals surface area contributed by atoms with Crippen molar-refractivity contribution in [2.45, 2.75) is 6.04 Å². The summed E-state index contributed by atoms with van der Waals surface area (Å²) in [7, 11) is 2.39. The summed E-state index contributed by atoms with van der Waals surface area (Å²) in [5, 5.41) is 2.31. The minimum Gasteiger partial charge on any atom is -0.467 e. The number of esters is 2. The van der Waals surface area contributed by atoms with E-state index in [9.17, 15) is 14.4 Å². The summed E-state index contributed by atoms with van der Waals surface area (Å²) in [5.41, 5.74) is 0. The third kappa shape index (κ3) is 5.40. The summed E-state index contributed by atoms with van der Waals surface area (Å²) in [6.45, 7) is 0. The summed E-state index contributed by atoms with van der Waals surface area (Å²) in [6.07, 6.45) is 1.91. The lowest BCUT2D eigenvalue weighted by atomic mass is 10.3. The molecular formula is C9H13NO5S. The monoisotopic (exact) mass is 247 g/mol. The molecule has 0 rings (SSSR count). The fraction of sp³-hybridized carbons (Fsp3) is 0.444. The standard InChI is InChI=1S/C9H13NO5S/c1-14-8(12)4-3-7(11)10-6(5-16)9(13)15-2/h3-4,6,16H,5H2,1-2H3,(H,10,11)/b4-3+. The Morgan fingerprint density at radius 3 is 2.31 bits per heavy atom. The van der Waals surface area contributed by atoms with E-state index in [2.05, 4.69) is 27.4 Å². The lowest BCUT2D eigenvalue weighted by Gasteiger charge is -2.12. The van der Waals surface area contributed by atoms with Crippen LogP contribution in [-0.4, -0.2) is 43.9 Å². The van der Waals surface area contributed by atoms with Gasteiger partial charge in [-0.1, -0.05) is 0 Å². The summed E-state index contributed by atoms with van der Waals surface area (Å²) in [6, 6.07) is -0.844. The fourth-order valence-electron chi connectivity index (χ4n) is 0.753. The van der Waals surface area contributed by atoms with Crippen molar-refractivity contribution in [2.24, 2.45) is 0 Å². The van der Waals surface area contributed by atoms with E-state index >= 15 is 0 Å². The molecule has 0 aromatic rings. The molecular weight excluding hydrogens is 234 g/mol. The molecule has 1 unspecified atom stereocenters. The Kier molecular flexibility index (Phi) is 7.02. The average Bonchev–Trinajstić information content (AvgIpc) is 2.31. The minimum atomic E-state index is -0.844. The van der Waals surface area contributed by atoms with Crippen LogP contribution in [0.4, 0.5) is 0 Å².